The van der Waals surface area contributed by atoms with E-state index >= 15 is 0 Å². The highest BCUT2D eigenvalue weighted by atomic mass is 16.4. The Morgan fingerprint density at radius 2 is 1.32 bits per heavy atom. The zero-order valence-electron chi connectivity index (χ0n) is 21.6. The number of Topliss-reactive ketones (excluding diaryl/α,β-unsaturated/α-hetero) is 1. The SMILES string of the molecule is CC(C=CC=C(C)C=CC1(O)C(C)CC(=O)CC1(C)C)=CC=CC=C(C)C=CC=C(C)C(=O)O. The van der Waals surface area contributed by atoms with Crippen LogP contribution in [0.5, 0.6) is 0 Å². The van der Waals surface area contributed by atoms with Gasteiger partial charge in [-0.25, -0.2) is 4.79 Å². The molecule has 0 aromatic carbocycles. The van der Waals surface area contributed by atoms with Crippen molar-refractivity contribution in [2.45, 2.75) is 66.9 Å². The lowest BCUT2D eigenvalue weighted by Crippen LogP contribution is -2.53. The van der Waals surface area contributed by atoms with E-state index in [-0.39, 0.29) is 11.7 Å². The minimum absolute atomic E-state index is 0.112. The van der Waals surface area contributed by atoms with Crippen LogP contribution in [0.15, 0.2) is 95.2 Å². The van der Waals surface area contributed by atoms with Crippen molar-refractivity contribution in [2.75, 3.05) is 0 Å². The Balaban J connectivity index is 2.72. The van der Waals surface area contributed by atoms with Crippen LogP contribution in [0.1, 0.15) is 61.3 Å². The molecule has 0 spiro atoms. The fraction of sp³-hybridized carbons (Fsp3) is 0.400. The Bertz CT molecular complexity index is 993. The summed E-state index contributed by atoms with van der Waals surface area (Å²) in [6, 6.07) is 0. The van der Waals surface area contributed by atoms with Crippen molar-refractivity contribution < 1.29 is 19.8 Å². The number of carboxylic acids is 1. The van der Waals surface area contributed by atoms with Gasteiger partial charge in [0.25, 0.3) is 0 Å². The van der Waals surface area contributed by atoms with Gasteiger partial charge in [-0.2, -0.15) is 0 Å². The number of hydrogen-bond donors (Lipinski definition) is 2. The van der Waals surface area contributed by atoms with Crippen molar-refractivity contribution in [3.8, 4) is 0 Å². The number of aliphatic hydroxyl groups is 1. The maximum Gasteiger partial charge on any atom is 0.331 e. The lowest BCUT2D eigenvalue weighted by Gasteiger charge is -2.48. The molecule has 0 radical (unpaired) electrons. The molecule has 4 nitrogen and oxygen atoms in total. The quantitative estimate of drug-likeness (QED) is 0.289. The molecule has 0 amide bonds. The van der Waals surface area contributed by atoms with E-state index in [0.29, 0.717) is 18.4 Å². The highest BCUT2D eigenvalue weighted by Crippen LogP contribution is 2.46. The zero-order chi connectivity index (χ0) is 25.9. The van der Waals surface area contributed by atoms with Crippen LogP contribution < -0.4 is 0 Å². The molecule has 4 heteroatoms. The molecular weight excluding hydrogens is 424 g/mol. The first kappa shape index (κ1) is 29.1. The molecule has 184 valence electrons. The average Bonchev–Trinajstić information content (AvgIpc) is 2.73. The number of carboxylic acid groups (broad SMARTS) is 1. The van der Waals surface area contributed by atoms with Gasteiger partial charge in [0, 0.05) is 23.8 Å². The second-order valence-electron chi connectivity index (χ2n) is 9.85. The summed E-state index contributed by atoms with van der Waals surface area (Å²) in [5.74, 6) is -0.815. The molecular formula is C30H40O4. The Kier molecular flexibility index (Phi) is 11.1. The van der Waals surface area contributed by atoms with Gasteiger partial charge in [-0.3, -0.25) is 4.79 Å². The molecule has 0 saturated heterocycles. The van der Waals surface area contributed by atoms with Gasteiger partial charge in [0.1, 0.15) is 5.78 Å². The Morgan fingerprint density at radius 1 is 0.853 bits per heavy atom. The van der Waals surface area contributed by atoms with Gasteiger partial charge in [-0.05, 0) is 33.6 Å². The smallest absolute Gasteiger partial charge is 0.331 e. The topological polar surface area (TPSA) is 74.6 Å². The third kappa shape index (κ3) is 9.11. The van der Waals surface area contributed by atoms with Crippen LogP contribution in [0.2, 0.25) is 0 Å². The van der Waals surface area contributed by atoms with E-state index < -0.39 is 17.0 Å². The standard InChI is InChI=1S/C30H40O4/c1-22(12-8-9-13-23(2)16-11-17-25(4)28(32)33)14-10-15-24(3)18-19-30(34)26(5)20-27(31)21-29(30,6)7/h8-19,26,34H,20-21H2,1-7H3,(H,32,33). The molecule has 34 heavy (non-hydrogen) atoms. The predicted octanol–water partition coefficient (Wildman–Crippen LogP) is 6.84. The summed E-state index contributed by atoms with van der Waals surface area (Å²) in [5.41, 5.74) is 1.92. The molecule has 0 aromatic rings. The van der Waals surface area contributed by atoms with Gasteiger partial charge in [0.2, 0.25) is 0 Å². The van der Waals surface area contributed by atoms with Crippen LogP contribution in [-0.4, -0.2) is 27.6 Å². The molecule has 2 atom stereocenters. The summed E-state index contributed by atoms with van der Waals surface area (Å²) in [6.07, 6.45) is 23.6. The van der Waals surface area contributed by atoms with Gasteiger partial charge < -0.3 is 10.2 Å². The van der Waals surface area contributed by atoms with Crippen LogP contribution in [0.4, 0.5) is 0 Å². The van der Waals surface area contributed by atoms with Crippen molar-refractivity contribution in [2.24, 2.45) is 11.3 Å². The van der Waals surface area contributed by atoms with Crippen LogP contribution in [-0.2, 0) is 9.59 Å². The van der Waals surface area contributed by atoms with E-state index in [1.807, 2.05) is 102 Å². The fourth-order valence-corrected chi connectivity index (χ4v) is 3.87. The van der Waals surface area contributed by atoms with E-state index in [2.05, 4.69) is 0 Å². The molecule has 2 N–H and O–H groups in total. The number of rotatable bonds is 9. The van der Waals surface area contributed by atoms with Crippen LogP contribution in [0.3, 0.4) is 0 Å². The predicted molar refractivity (Wildman–Crippen MR) is 141 cm³/mol. The molecule has 0 aliphatic heterocycles. The molecule has 1 saturated carbocycles. The highest BCUT2D eigenvalue weighted by molar-refractivity contribution is 5.86. The van der Waals surface area contributed by atoms with Crippen LogP contribution in [0.25, 0.3) is 0 Å². The summed E-state index contributed by atoms with van der Waals surface area (Å²) < 4.78 is 0. The third-order valence-corrected chi connectivity index (χ3v) is 6.20. The Hall–Kier alpha value is -2.98. The molecule has 1 rings (SSSR count). The van der Waals surface area contributed by atoms with Gasteiger partial charge in [0.15, 0.2) is 0 Å². The van der Waals surface area contributed by atoms with E-state index in [0.717, 1.165) is 16.7 Å². The molecule has 0 bridgehead atoms. The number of ketones is 1. The number of carbonyl (C=O) groups excluding carboxylic acids is 1. The van der Waals surface area contributed by atoms with Gasteiger partial charge in [-0.15, -0.1) is 0 Å². The molecule has 1 fully saturated rings. The average molecular weight is 465 g/mol. The van der Waals surface area contributed by atoms with Crippen molar-refractivity contribution in [3.05, 3.63) is 95.2 Å². The number of aliphatic carboxylic acids is 1. The molecule has 0 aromatic heterocycles. The van der Waals surface area contributed by atoms with E-state index in [9.17, 15) is 14.7 Å². The van der Waals surface area contributed by atoms with Gasteiger partial charge in [0.05, 0.1) is 5.60 Å². The summed E-state index contributed by atoms with van der Waals surface area (Å²) in [7, 11) is 0. The Morgan fingerprint density at radius 3 is 1.82 bits per heavy atom. The molecule has 0 heterocycles. The number of hydrogen-bond acceptors (Lipinski definition) is 3. The van der Waals surface area contributed by atoms with Crippen LogP contribution >= 0.6 is 0 Å². The highest BCUT2D eigenvalue weighted by Gasteiger charge is 2.50. The first-order valence-electron chi connectivity index (χ1n) is 11.7. The summed E-state index contributed by atoms with van der Waals surface area (Å²) in [5, 5.41) is 20.1. The first-order valence-corrected chi connectivity index (χ1v) is 11.7. The normalized spacial score (nSPS) is 25.4. The van der Waals surface area contributed by atoms with E-state index in [1.165, 1.54) is 0 Å². The lowest BCUT2D eigenvalue weighted by atomic mass is 9.60. The maximum atomic E-state index is 11.9. The van der Waals surface area contributed by atoms with Crippen molar-refractivity contribution in [1.29, 1.82) is 0 Å². The molecule has 1 aliphatic rings. The van der Waals surface area contributed by atoms with E-state index in [4.69, 9.17) is 5.11 Å². The molecule has 1 aliphatic carbocycles. The van der Waals surface area contributed by atoms with E-state index in [1.54, 1.807) is 19.1 Å². The second-order valence-corrected chi connectivity index (χ2v) is 9.85. The zero-order valence-corrected chi connectivity index (χ0v) is 21.6. The Labute approximate surface area is 205 Å². The number of carbonyl (C=O) groups is 2. The largest absolute Gasteiger partial charge is 0.478 e. The summed E-state index contributed by atoms with van der Waals surface area (Å²) >= 11 is 0. The monoisotopic (exact) mass is 464 g/mol. The molecule has 2 unspecified atom stereocenters. The number of allylic oxidation sites excluding steroid dienone is 14. The minimum Gasteiger partial charge on any atom is -0.478 e. The van der Waals surface area contributed by atoms with Gasteiger partial charge >= 0.3 is 5.97 Å². The van der Waals surface area contributed by atoms with Crippen molar-refractivity contribution >= 4 is 11.8 Å². The van der Waals surface area contributed by atoms with Crippen molar-refractivity contribution in [1.82, 2.24) is 0 Å². The van der Waals surface area contributed by atoms with Gasteiger partial charge in [-0.1, -0.05) is 110 Å². The van der Waals surface area contributed by atoms with Crippen molar-refractivity contribution in [3.63, 3.8) is 0 Å². The van der Waals surface area contributed by atoms with Crippen LogP contribution in [0, 0.1) is 11.3 Å². The second kappa shape index (κ2) is 13.0. The first-order chi connectivity index (χ1) is 15.8. The summed E-state index contributed by atoms with van der Waals surface area (Å²) in [6.45, 7) is 13.4. The minimum atomic E-state index is -1.01. The lowest BCUT2D eigenvalue weighted by molar-refractivity contribution is -0.142. The third-order valence-electron chi connectivity index (χ3n) is 6.20. The fourth-order valence-electron chi connectivity index (χ4n) is 3.87. The summed E-state index contributed by atoms with van der Waals surface area (Å²) in [4.78, 5) is 22.7. The maximum absolute atomic E-state index is 11.9.